The summed E-state index contributed by atoms with van der Waals surface area (Å²) in [4.78, 5) is 22.9. The molecule has 0 aliphatic carbocycles. The minimum Gasteiger partial charge on any atom is -0.351 e. The number of carbonyl (C=O) groups is 2. The maximum absolute atomic E-state index is 11.4. The van der Waals surface area contributed by atoms with E-state index in [1.165, 1.54) is 11.8 Å². The number of thioether (sulfide) groups is 1. The fourth-order valence-electron chi connectivity index (χ4n) is 1.18. The highest BCUT2D eigenvalue weighted by atomic mass is 32.2. The first-order valence-electron chi connectivity index (χ1n) is 5.09. The fourth-order valence-corrected chi connectivity index (χ4v) is 2.05. The molecule has 0 aliphatic heterocycles. The van der Waals surface area contributed by atoms with Crippen molar-refractivity contribution in [3.05, 3.63) is 29.8 Å². The molecule has 0 saturated heterocycles. The van der Waals surface area contributed by atoms with Gasteiger partial charge in [0.1, 0.15) is 0 Å². The van der Waals surface area contributed by atoms with E-state index in [4.69, 9.17) is 11.5 Å². The molecule has 17 heavy (non-hydrogen) atoms. The summed E-state index contributed by atoms with van der Waals surface area (Å²) in [5.74, 6) is -0.398. The van der Waals surface area contributed by atoms with Crippen molar-refractivity contribution in [2.24, 2.45) is 11.5 Å². The Bertz CT molecular complexity index is 406. The number of nitrogens with one attached hydrogen (secondary N) is 1. The van der Waals surface area contributed by atoms with E-state index in [-0.39, 0.29) is 5.25 Å². The molecule has 1 unspecified atom stereocenters. The summed E-state index contributed by atoms with van der Waals surface area (Å²) in [5.41, 5.74) is 11.4. The lowest BCUT2D eigenvalue weighted by molar-refractivity contribution is -0.119. The second kappa shape index (κ2) is 6.27. The molecule has 1 atom stereocenters. The molecule has 3 amide bonds. The van der Waals surface area contributed by atoms with Crippen molar-refractivity contribution < 1.29 is 9.59 Å². The smallest absolute Gasteiger partial charge is 0.318 e. The topological polar surface area (TPSA) is 98.2 Å². The van der Waals surface area contributed by atoms with E-state index in [9.17, 15) is 9.59 Å². The Morgan fingerprint density at radius 3 is 2.41 bits per heavy atom. The zero-order valence-corrected chi connectivity index (χ0v) is 10.3. The SMILES string of the molecule is CC(Sc1ccc(CN)cc1)C(=O)NC(N)=O. The number of imide groups is 1. The van der Waals surface area contributed by atoms with Gasteiger partial charge in [0.2, 0.25) is 5.91 Å². The van der Waals surface area contributed by atoms with Crippen molar-refractivity contribution in [1.29, 1.82) is 0 Å². The second-order valence-electron chi connectivity index (χ2n) is 3.46. The normalized spacial score (nSPS) is 11.9. The molecule has 1 aromatic carbocycles. The van der Waals surface area contributed by atoms with Crippen molar-refractivity contribution in [3.8, 4) is 0 Å². The predicted octanol–water partition coefficient (Wildman–Crippen LogP) is 0.821. The first-order valence-corrected chi connectivity index (χ1v) is 5.97. The summed E-state index contributed by atoms with van der Waals surface area (Å²) in [7, 11) is 0. The van der Waals surface area contributed by atoms with Gasteiger partial charge < -0.3 is 11.5 Å². The molecule has 0 aliphatic rings. The predicted molar refractivity (Wildman–Crippen MR) is 67.4 cm³/mol. The van der Waals surface area contributed by atoms with Gasteiger partial charge in [-0.25, -0.2) is 4.79 Å². The average Bonchev–Trinajstić information content (AvgIpc) is 2.29. The third kappa shape index (κ3) is 4.46. The molecular formula is C11H15N3O2S. The maximum Gasteiger partial charge on any atom is 0.318 e. The van der Waals surface area contributed by atoms with Crippen LogP contribution in [-0.4, -0.2) is 17.2 Å². The molecule has 0 saturated carbocycles. The minimum atomic E-state index is -0.832. The van der Waals surface area contributed by atoms with Crippen LogP contribution in [0.5, 0.6) is 0 Å². The van der Waals surface area contributed by atoms with Gasteiger partial charge in [-0.15, -0.1) is 11.8 Å². The van der Waals surface area contributed by atoms with Crippen molar-refractivity contribution in [1.82, 2.24) is 5.32 Å². The van der Waals surface area contributed by atoms with Gasteiger partial charge in [0, 0.05) is 11.4 Å². The Hall–Kier alpha value is -1.53. The van der Waals surface area contributed by atoms with Gasteiger partial charge >= 0.3 is 6.03 Å². The lowest BCUT2D eigenvalue weighted by Gasteiger charge is -2.10. The van der Waals surface area contributed by atoms with Gasteiger partial charge in [0.25, 0.3) is 0 Å². The molecule has 1 aromatic rings. The van der Waals surface area contributed by atoms with Gasteiger partial charge in [-0.2, -0.15) is 0 Å². The lowest BCUT2D eigenvalue weighted by Crippen LogP contribution is -2.39. The number of benzene rings is 1. The monoisotopic (exact) mass is 253 g/mol. The van der Waals surface area contributed by atoms with Crippen molar-refractivity contribution in [2.75, 3.05) is 0 Å². The van der Waals surface area contributed by atoms with Crippen molar-refractivity contribution >= 4 is 23.7 Å². The van der Waals surface area contributed by atoms with Crippen LogP contribution in [0.2, 0.25) is 0 Å². The van der Waals surface area contributed by atoms with Gasteiger partial charge in [0.15, 0.2) is 0 Å². The molecular weight excluding hydrogens is 238 g/mol. The molecule has 0 bridgehead atoms. The lowest BCUT2D eigenvalue weighted by atomic mass is 10.2. The van der Waals surface area contributed by atoms with Gasteiger partial charge in [-0.1, -0.05) is 12.1 Å². The van der Waals surface area contributed by atoms with Crippen LogP contribution < -0.4 is 16.8 Å². The number of carbonyl (C=O) groups excluding carboxylic acids is 2. The van der Waals surface area contributed by atoms with Crippen LogP contribution in [0.3, 0.4) is 0 Å². The van der Waals surface area contributed by atoms with E-state index < -0.39 is 11.9 Å². The van der Waals surface area contributed by atoms with E-state index in [2.05, 4.69) is 0 Å². The molecule has 0 spiro atoms. The zero-order chi connectivity index (χ0) is 12.8. The molecule has 5 N–H and O–H groups in total. The third-order valence-corrected chi connectivity index (χ3v) is 3.20. The molecule has 0 radical (unpaired) electrons. The van der Waals surface area contributed by atoms with E-state index in [0.717, 1.165) is 10.5 Å². The van der Waals surface area contributed by atoms with Crippen LogP contribution in [0, 0.1) is 0 Å². The quantitative estimate of drug-likeness (QED) is 0.692. The summed E-state index contributed by atoms with van der Waals surface area (Å²) in [6, 6.07) is 6.75. The number of primary amides is 1. The van der Waals surface area contributed by atoms with Crippen LogP contribution in [0.25, 0.3) is 0 Å². The van der Waals surface area contributed by atoms with Crippen LogP contribution in [0.4, 0.5) is 4.79 Å². The summed E-state index contributed by atoms with van der Waals surface area (Å²) < 4.78 is 0. The van der Waals surface area contributed by atoms with E-state index in [0.29, 0.717) is 6.54 Å². The number of rotatable bonds is 4. The van der Waals surface area contributed by atoms with Crippen molar-refractivity contribution in [3.63, 3.8) is 0 Å². The maximum atomic E-state index is 11.4. The molecule has 5 nitrogen and oxygen atoms in total. The summed E-state index contributed by atoms with van der Waals surface area (Å²) in [6.07, 6.45) is 0. The largest absolute Gasteiger partial charge is 0.351 e. The molecule has 0 heterocycles. The first kappa shape index (κ1) is 13.5. The molecule has 1 rings (SSSR count). The Kier molecular flexibility index (Phi) is 4.99. The highest BCUT2D eigenvalue weighted by Crippen LogP contribution is 2.23. The fraction of sp³-hybridized carbons (Fsp3) is 0.273. The summed E-state index contributed by atoms with van der Waals surface area (Å²) in [5, 5.41) is 1.66. The van der Waals surface area contributed by atoms with Gasteiger partial charge in [-0.05, 0) is 24.6 Å². The minimum absolute atomic E-state index is 0.383. The highest BCUT2D eigenvalue weighted by molar-refractivity contribution is 8.00. The van der Waals surface area contributed by atoms with Crippen molar-refractivity contribution in [2.45, 2.75) is 23.6 Å². The number of amides is 3. The molecule has 92 valence electrons. The number of hydrogen-bond acceptors (Lipinski definition) is 4. The zero-order valence-electron chi connectivity index (χ0n) is 9.47. The second-order valence-corrected chi connectivity index (χ2v) is 4.88. The van der Waals surface area contributed by atoms with Crippen LogP contribution in [0.1, 0.15) is 12.5 Å². The van der Waals surface area contributed by atoms with Crippen LogP contribution >= 0.6 is 11.8 Å². The third-order valence-electron chi connectivity index (χ3n) is 2.09. The van der Waals surface area contributed by atoms with Crippen LogP contribution in [-0.2, 0) is 11.3 Å². The number of hydrogen-bond donors (Lipinski definition) is 3. The number of urea groups is 1. The summed E-state index contributed by atoms with van der Waals surface area (Å²) in [6.45, 7) is 2.20. The Balaban J connectivity index is 2.57. The number of nitrogens with two attached hydrogens (primary N) is 2. The van der Waals surface area contributed by atoms with Gasteiger partial charge in [0.05, 0.1) is 5.25 Å². The van der Waals surface area contributed by atoms with Gasteiger partial charge in [-0.3, -0.25) is 10.1 Å². The Morgan fingerprint density at radius 1 is 1.35 bits per heavy atom. The highest BCUT2D eigenvalue weighted by Gasteiger charge is 2.15. The van der Waals surface area contributed by atoms with E-state index >= 15 is 0 Å². The Labute approximate surface area is 104 Å². The molecule has 6 heteroatoms. The first-order chi connectivity index (χ1) is 8.02. The van der Waals surface area contributed by atoms with E-state index in [1.54, 1.807) is 6.92 Å². The summed E-state index contributed by atoms with van der Waals surface area (Å²) >= 11 is 1.35. The molecule has 0 aromatic heterocycles. The van der Waals surface area contributed by atoms with Crippen LogP contribution in [0.15, 0.2) is 29.2 Å². The standard InChI is InChI=1S/C11H15N3O2S/c1-7(10(15)14-11(13)16)17-9-4-2-8(6-12)3-5-9/h2-5,7H,6,12H2,1H3,(H3,13,14,15,16). The molecule has 0 fully saturated rings. The Morgan fingerprint density at radius 2 is 1.94 bits per heavy atom. The average molecular weight is 253 g/mol. The van der Waals surface area contributed by atoms with E-state index in [1.807, 2.05) is 29.6 Å².